The number of hydrogen-bond donors (Lipinski definition) is 4. The minimum absolute atomic E-state index is 0.0904. The highest BCUT2D eigenvalue weighted by Gasteiger charge is 2.30. The van der Waals surface area contributed by atoms with Crippen LogP contribution < -0.4 is 10.6 Å². The number of rotatable bonds is 8. The summed E-state index contributed by atoms with van der Waals surface area (Å²) in [6, 6.07) is 1.50. The van der Waals surface area contributed by atoms with E-state index in [1.807, 2.05) is 0 Å². The summed E-state index contributed by atoms with van der Waals surface area (Å²) in [6.07, 6.45) is -1.24. The van der Waals surface area contributed by atoms with Crippen LogP contribution in [0.5, 0.6) is 11.5 Å². The zero-order chi connectivity index (χ0) is 23.1. The van der Waals surface area contributed by atoms with E-state index >= 15 is 0 Å². The Kier molecular flexibility index (Phi) is 8.63. The third kappa shape index (κ3) is 8.38. The van der Waals surface area contributed by atoms with Crippen molar-refractivity contribution in [1.29, 1.82) is 0 Å². The van der Waals surface area contributed by atoms with Crippen molar-refractivity contribution in [3.05, 3.63) is 23.8 Å². The molecule has 30 heavy (non-hydrogen) atoms. The average Bonchev–Trinajstić information content (AvgIpc) is 2.60. The second kappa shape index (κ2) is 10.5. The van der Waals surface area contributed by atoms with E-state index in [-0.39, 0.29) is 24.4 Å². The van der Waals surface area contributed by atoms with Gasteiger partial charge in [0.1, 0.15) is 23.5 Å². The number of ketones is 1. The number of phenolic OH excluding ortho intramolecular Hbond substituents is 2. The number of Topliss-reactive ketones (excluding diaryl/α,β-unsaturated/α-hetero) is 1. The number of methoxy groups -OCH3 is 1. The van der Waals surface area contributed by atoms with Gasteiger partial charge < -0.3 is 30.3 Å². The minimum Gasteiger partial charge on any atom is -0.504 e. The van der Waals surface area contributed by atoms with Gasteiger partial charge in [-0.25, -0.2) is 9.59 Å². The van der Waals surface area contributed by atoms with Gasteiger partial charge >= 0.3 is 12.1 Å². The molecule has 0 heterocycles. The zero-order valence-corrected chi connectivity index (χ0v) is 17.6. The Morgan fingerprint density at radius 2 is 1.67 bits per heavy atom. The summed E-state index contributed by atoms with van der Waals surface area (Å²) in [5, 5.41) is 23.9. The number of amides is 2. The van der Waals surface area contributed by atoms with Crippen LogP contribution in [-0.4, -0.2) is 58.8 Å². The lowest BCUT2D eigenvalue weighted by Gasteiger charge is -2.24. The Labute approximate surface area is 174 Å². The van der Waals surface area contributed by atoms with Crippen molar-refractivity contribution in [3.63, 3.8) is 0 Å². The molecule has 1 rings (SSSR count). The SMILES string of the molecule is COC(=O)[C@H](CC(C)=O)NC(=O)[C@H](Cc1ccc(O)c(O)c1)NC(=O)OC(C)(C)C. The summed E-state index contributed by atoms with van der Waals surface area (Å²) in [6.45, 7) is 6.22. The van der Waals surface area contributed by atoms with E-state index in [1.54, 1.807) is 20.8 Å². The average molecular weight is 424 g/mol. The predicted molar refractivity (Wildman–Crippen MR) is 106 cm³/mol. The highest BCUT2D eigenvalue weighted by Crippen LogP contribution is 2.25. The van der Waals surface area contributed by atoms with Crippen LogP contribution in [0.2, 0.25) is 0 Å². The standard InChI is InChI=1S/C20H28N2O8/c1-11(23)8-14(18(27)29-5)21-17(26)13(22-19(28)30-20(2,3)4)9-12-6-7-15(24)16(25)10-12/h6-7,10,13-14,24-25H,8-9H2,1-5H3,(H,21,26)(H,22,28)/t13-,14-/m0/s1. The molecular formula is C20H28N2O8. The maximum absolute atomic E-state index is 12.8. The quantitative estimate of drug-likeness (QED) is 0.359. The van der Waals surface area contributed by atoms with Gasteiger partial charge in [-0.3, -0.25) is 9.59 Å². The van der Waals surface area contributed by atoms with E-state index < -0.39 is 41.4 Å². The van der Waals surface area contributed by atoms with E-state index in [2.05, 4.69) is 15.4 Å². The molecule has 2 atom stereocenters. The Balaban J connectivity index is 3.08. The molecular weight excluding hydrogens is 396 g/mol. The fourth-order valence-corrected chi connectivity index (χ4v) is 2.49. The summed E-state index contributed by atoms with van der Waals surface area (Å²) in [7, 11) is 1.12. The Hall–Kier alpha value is -3.30. The largest absolute Gasteiger partial charge is 0.504 e. The third-order valence-corrected chi connectivity index (χ3v) is 3.78. The number of benzene rings is 1. The van der Waals surface area contributed by atoms with Gasteiger partial charge in [-0.2, -0.15) is 0 Å². The topological polar surface area (TPSA) is 151 Å². The summed E-state index contributed by atoms with van der Waals surface area (Å²) < 4.78 is 9.78. The van der Waals surface area contributed by atoms with Gasteiger partial charge in [-0.15, -0.1) is 0 Å². The Morgan fingerprint density at radius 1 is 1.03 bits per heavy atom. The zero-order valence-electron chi connectivity index (χ0n) is 17.6. The van der Waals surface area contributed by atoms with Gasteiger partial charge in [0, 0.05) is 12.8 Å². The van der Waals surface area contributed by atoms with Crippen LogP contribution in [0.1, 0.15) is 39.7 Å². The normalized spacial score (nSPS) is 13.0. The van der Waals surface area contributed by atoms with Gasteiger partial charge in [-0.1, -0.05) is 6.07 Å². The van der Waals surface area contributed by atoms with E-state index in [4.69, 9.17) is 4.74 Å². The maximum atomic E-state index is 12.8. The number of alkyl carbamates (subject to hydrolysis) is 1. The van der Waals surface area contributed by atoms with Crippen molar-refractivity contribution in [3.8, 4) is 11.5 Å². The molecule has 0 saturated carbocycles. The molecule has 0 bridgehead atoms. The summed E-state index contributed by atoms with van der Waals surface area (Å²) in [5.41, 5.74) is -0.395. The lowest BCUT2D eigenvalue weighted by Crippen LogP contribution is -2.53. The smallest absolute Gasteiger partial charge is 0.408 e. The highest BCUT2D eigenvalue weighted by atomic mass is 16.6. The van der Waals surface area contributed by atoms with Crippen molar-refractivity contribution in [1.82, 2.24) is 10.6 Å². The van der Waals surface area contributed by atoms with E-state index in [0.29, 0.717) is 5.56 Å². The predicted octanol–water partition coefficient (Wildman–Crippen LogP) is 1.17. The van der Waals surface area contributed by atoms with Crippen molar-refractivity contribution < 1.29 is 38.9 Å². The van der Waals surface area contributed by atoms with Crippen LogP contribution in [0.15, 0.2) is 18.2 Å². The van der Waals surface area contributed by atoms with Crippen molar-refractivity contribution >= 4 is 23.8 Å². The molecule has 10 nitrogen and oxygen atoms in total. The molecule has 0 fully saturated rings. The van der Waals surface area contributed by atoms with E-state index in [0.717, 1.165) is 7.11 Å². The third-order valence-electron chi connectivity index (χ3n) is 3.78. The summed E-state index contributed by atoms with van der Waals surface area (Å²) >= 11 is 0. The summed E-state index contributed by atoms with van der Waals surface area (Å²) in [5.74, 6) is -2.65. The van der Waals surface area contributed by atoms with Crippen LogP contribution >= 0.6 is 0 Å². The lowest BCUT2D eigenvalue weighted by atomic mass is 10.0. The van der Waals surface area contributed by atoms with Crippen LogP contribution in [0, 0.1) is 0 Å². The second-order valence-electron chi connectivity index (χ2n) is 7.72. The molecule has 0 aliphatic rings. The number of nitrogens with one attached hydrogen (secondary N) is 2. The lowest BCUT2D eigenvalue weighted by molar-refractivity contribution is -0.146. The first-order valence-electron chi connectivity index (χ1n) is 9.20. The molecule has 0 spiro atoms. The number of carbonyl (C=O) groups is 4. The van der Waals surface area contributed by atoms with Gasteiger partial charge in [0.05, 0.1) is 7.11 Å². The molecule has 0 aliphatic carbocycles. The van der Waals surface area contributed by atoms with Crippen LogP contribution in [0.4, 0.5) is 4.79 Å². The van der Waals surface area contributed by atoms with Crippen LogP contribution in [0.25, 0.3) is 0 Å². The molecule has 4 N–H and O–H groups in total. The van der Waals surface area contributed by atoms with Gasteiger partial charge in [-0.05, 0) is 45.4 Å². The molecule has 1 aromatic carbocycles. The fraction of sp³-hybridized carbons (Fsp3) is 0.500. The number of carbonyl (C=O) groups excluding carboxylic acids is 4. The first kappa shape index (κ1) is 24.7. The van der Waals surface area contributed by atoms with E-state index in [9.17, 15) is 29.4 Å². The molecule has 0 radical (unpaired) electrons. The first-order valence-corrected chi connectivity index (χ1v) is 9.20. The number of aromatic hydroxyl groups is 2. The van der Waals surface area contributed by atoms with Gasteiger partial charge in [0.2, 0.25) is 5.91 Å². The van der Waals surface area contributed by atoms with Crippen molar-refractivity contribution in [2.75, 3.05) is 7.11 Å². The monoisotopic (exact) mass is 424 g/mol. The molecule has 0 aliphatic heterocycles. The molecule has 10 heteroatoms. The number of esters is 1. The summed E-state index contributed by atoms with van der Waals surface area (Å²) in [4.78, 5) is 48.3. The van der Waals surface area contributed by atoms with E-state index in [1.165, 1.54) is 25.1 Å². The van der Waals surface area contributed by atoms with Gasteiger partial charge in [0.15, 0.2) is 11.5 Å². The first-order chi connectivity index (χ1) is 13.8. The van der Waals surface area contributed by atoms with Crippen molar-refractivity contribution in [2.45, 2.75) is 58.2 Å². The van der Waals surface area contributed by atoms with Crippen LogP contribution in [0.3, 0.4) is 0 Å². The molecule has 166 valence electrons. The number of ether oxygens (including phenoxy) is 2. The van der Waals surface area contributed by atoms with Gasteiger partial charge in [0.25, 0.3) is 0 Å². The highest BCUT2D eigenvalue weighted by molar-refractivity contribution is 5.92. The Bertz CT molecular complexity index is 800. The molecule has 0 saturated heterocycles. The fourth-order valence-electron chi connectivity index (χ4n) is 2.49. The van der Waals surface area contributed by atoms with Crippen molar-refractivity contribution in [2.24, 2.45) is 0 Å². The maximum Gasteiger partial charge on any atom is 0.408 e. The Morgan fingerprint density at radius 3 is 2.17 bits per heavy atom. The second-order valence-corrected chi connectivity index (χ2v) is 7.72. The molecule has 0 unspecified atom stereocenters. The molecule has 2 amide bonds. The van der Waals surface area contributed by atoms with Crippen LogP contribution in [-0.2, 0) is 30.3 Å². The minimum atomic E-state index is -1.23. The number of hydrogen-bond acceptors (Lipinski definition) is 8. The number of phenols is 2. The molecule has 1 aromatic rings. The molecule has 0 aromatic heterocycles.